The number of aryl methyl sites for hydroxylation is 1. The van der Waals surface area contributed by atoms with E-state index in [2.05, 4.69) is 4.98 Å². The van der Waals surface area contributed by atoms with E-state index in [4.69, 9.17) is 10.8 Å². The van der Waals surface area contributed by atoms with Gasteiger partial charge in [-0.2, -0.15) is 0 Å². The molecule has 3 N–H and O–H groups in total. The molecule has 0 amide bonds. The fraction of sp³-hybridized carbons (Fsp3) is 0.125. The van der Waals surface area contributed by atoms with E-state index in [1.54, 1.807) is 12.1 Å². The van der Waals surface area contributed by atoms with Crippen molar-refractivity contribution >= 4 is 17.3 Å². The van der Waals surface area contributed by atoms with Crippen LogP contribution in [0.1, 0.15) is 11.3 Å². The summed E-state index contributed by atoms with van der Waals surface area (Å²) < 4.78 is 1.84. The number of imidazole rings is 1. The molecular formula is C16H15N3O2. The first-order valence-corrected chi connectivity index (χ1v) is 6.60. The van der Waals surface area contributed by atoms with Crippen molar-refractivity contribution in [3.8, 4) is 11.3 Å². The fourth-order valence-corrected chi connectivity index (χ4v) is 2.44. The standard InChI is InChI=1S/C16H15N3O2/c1-10-3-2-8-19-13(9-14(20)21)15(18-16(10)19)11-4-6-12(17)7-5-11/h2-8H,9,17H2,1H3,(H,20,21). The molecular weight excluding hydrogens is 266 g/mol. The maximum absolute atomic E-state index is 11.2. The molecule has 5 nitrogen and oxygen atoms in total. The number of anilines is 1. The summed E-state index contributed by atoms with van der Waals surface area (Å²) in [5.74, 6) is -0.880. The second-order valence-electron chi connectivity index (χ2n) is 4.98. The predicted octanol–water partition coefficient (Wildman–Crippen LogP) is 2.52. The number of nitrogens with two attached hydrogens (primary N) is 1. The number of nitrogen functional groups attached to an aromatic ring is 1. The van der Waals surface area contributed by atoms with Gasteiger partial charge >= 0.3 is 5.97 Å². The van der Waals surface area contributed by atoms with Gasteiger partial charge < -0.3 is 15.2 Å². The molecule has 0 radical (unpaired) electrons. The van der Waals surface area contributed by atoms with Crippen molar-refractivity contribution in [2.24, 2.45) is 0 Å². The number of fused-ring (bicyclic) bond motifs is 1. The molecule has 0 spiro atoms. The molecule has 0 aliphatic heterocycles. The van der Waals surface area contributed by atoms with Crippen LogP contribution in [-0.2, 0) is 11.2 Å². The third kappa shape index (κ3) is 2.33. The summed E-state index contributed by atoms with van der Waals surface area (Å²) in [6.07, 6.45) is 1.76. The van der Waals surface area contributed by atoms with Crippen molar-refractivity contribution in [1.29, 1.82) is 0 Å². The Bertz CT molecular complexity index is 819. The number of nitrogens with zero attached hydrogens (tertiary/aromatic N) is 2. The molecule has 21 heavy (non-hydrogen) atoms. The van der Waals surface area contributed by atoms with Gasteiger partial charge in [0.05, 0.1) is 17.8 Å². The first-order chi connectivity index (χ1) is 10.1. The van der Waals surface area contributed by atoms with Crippen molar-refractivity contribution < 1.29 is 9.90 Å². The number of carbonyl (C=O) groups is 1. The number of carboxylic acid groups (broad SMARTS) is 1. The van der Waals surface area contributed by atoms with Crippen molar-refractivity contribution in [2.75, 3.05) is 5.73 Å². The number of aliphatic carboxylic acids is 1. The minimum absolute atomic E-state index is 0.0790. The van der Waals surface area contributed by atoms with Crippen LogP contribution in [0.4, 0.5) is 5.69 Å². The van der Waals surface area contributed by atoms with E-state index < -0.39 is 5.97 Å². The molecule has 0 unspecified atom stereocenters. The van der Waals surface area contributed by atoms with Gasteiger partial charge in [0.25, 0.3) is 0 Å². The zero-order chi connectivity index (χ0) is 15.0. The third-order valence-electron chi connectivity index (χ3n) is 3.45. The number of pyridine rings is 1. The average molecular weight is 281 g/mol. The van der Waals surface area contributed by atoms with Crippen molar-refractivity contribution in [1.82, 2.24) is 9.38 Å². The van der Waals surface area contributed by atoms with Gasteiger partial charge in [0.1, 0.15) is 5.65 Å². The summed E-state index contributed by atoms with van der Waals surface area (Å²) in [5, 5.41) is 9.17. The lowest BCUT2D eigenvalue weighted by atomic mass is 10.1. The number of carboxylic acids is 1. The average Bonchev–Trinajstić information content (AvgIpc) is 2.80. The van der Waals surface area contributed by atoms with E-state index in [0.29, 0.717) is 17.1 Å². The Hall–Kier alpha value is -2.82. The van der Waals surface area contributed by atoms with Gasteiger partial charge in [-0.15, -0.1) is 0 Å². The fourth-order valence-electron chi connectivity index (χ4n) is 2.44. The largest absolute Gasteiger partial charge is 0.481 e. The molecule has 0 atom stereocenters. The zero-order valence-electron chi connectivity index (χ0n) is 11.6. The Morgan fingerprint density at radius 3 is 2.67 bits per heavy atom. The van der Waals surface area contributed by atoms with Gasteiger partial charge in [0.15, 0.2) is 0 Å². The van der Waals surface area contributed by atoms with Crippen LogP contribution in [0.2, 0.25) is 0 Å². The molecule has 0 aliphatic rings. The first-order valence-electron chi connectivity index (χ1n) is 6.60. The Labute approximate surface area is 121 Å². The van der Waals surface area contributed by atoms with Crippen LogP contribution >= 0.6 is 0 Å². The number of benzene rings is 1. The predicted molar refractivity (Wildman–Crippen MR) is 81.1 cm³/mol. The minimum Gasteiger partial charge on any atom is -0.481 e. The quantitative estimate of drug-likeness (QED) is 0.723. The van der Waals surface area contributed by atoms with Crippen molar-refractivity contribution in [2.45, 2.75) is 13.3 Å². The van der Waals surface area contributed by atoms with Gasteiger partial charge in [0, 0.05) is 17.4 Å². The van der Waals surface area contributed by atoms with Crippen LogP contribution in [0.5, 0.6) is 0 Å². The second-order valence-corrected chi connectivity index (χ2v) is 4.98. The minimum atomic E-state index is -0.880. The smallest absolute Gasteiger partial charge is 0.309 e. The number of hydrogen-bond acceptors (Lipinski definition) is 3. The van der Waals surface area contributed by atoms with Gasteiger partial charge in [0.2, 0.25) is 0 Å². The monoisotopic (exact) mass is 281 g/mol. The molecule has 3 aromatic rings. The van der Waals surface area contributed by atoms with E-state index in [-0.39, 0.29) is 6.42 Å². The summed E-state index contributed by atoms with van der Waals surface area (Å²) in [6.45, 7) is 1.96. The molecule has 0 bridgehead atoms. The molecule has 0 fully saturated rings. The molecule has 2 heterocycles. The maximum atomic E-state index is 11.2. The number of aromatic nitrogens is 2. The third-order valence-corrected chi connectivity index (χ3v) is 3.45. The Kier molecular flexibility index (Phi) is 3.10. The van der Waals surface area contributed by atoms with Gasteiger partial charge in [-0.3, -0.25) is 4.79 Å². The van der Waals surface area contributed by atoms with E-state index >= 15 is 0 Å². The molecule has 0 saturated carbocycles. The van der Waals surface area contributed by atoms with Crippen LogP contribution in [0.15, 0.2) is 42.6 Å². The van der Waals surface area contributed by atoms with Crippen LogP contribution < -0.4 is 5.73 Å². The lowest BCUT2D eigenvalue weighted by Gasteiger charge is -2.03. The maximum Gasteiger partial charge on any atom is 0.309 e. The van der Waals surface area contributed by atoms with E-state index in [1.807, 2.05) is 41.8 Å². The molecule has 5 heteroatoms. The van der Waals surface area contributed by atoms with Gasteiger partial charge in [-0.1, -0.05) is 18.2 Å². The Morgan fingerprint density at radius 2 is 2.00 bits per heavy atom. The van der Waals surface area contributed by atoms with Gasteiger partial charge in [-0.25, -0.2) is 4.98 Å². The summed E-state index contributed by atoms with van der Waals surface area (Å²) in [7, 11) is 0. The van der Waals surface area contributed by atoms with Crippen LogP contribution in [-0.4, -0.2) is 20.5 Å². The highest BCUT2D eigenvalue weighted by molar-refractivity contribution is 5.77. The molecule has 3 rings (SSSR count). The molecule has 0 saturated heterocycles. The molecule has 106 valence electrons. The summed E-state index contributed by atoms with van der Waals surface area (Å²) in [5.41, 5.74) is 10.4. The SMILES string of the molecule is Cc1cccn2c(CC(=O)O)c(-c3ccc(N)cc3)nc12. The van der Waals surface area contributed by atoms with Crippen LogP contribution in [0, 0.1) is 6.92 Å². The Balaban J connectivity index is 2.27. The second kappa shape index (κ2) is 4.94. The van der Waals surface area contributed by atoms with E-state index in [1.165, 1.54) is 0 Å². The highest BCUT2D eigenvalue weighted by Crippen LogP contribution is 2.26. The van der Waals surface area contributed by atoms with E-state index in [0.717, 1.165) is 16.8 Å². The topological polar surface area (TPSA) is 80.6 Å². The molecule has 0 aliphatic carbocycles. The molecule has 1 aromatic carbocycles. The molecule has 2 aromatic heterocycles. The lowest BCUT2D eigenvalue weighted by Crippen LogP contribution is -2.04. The highest BCUT2D eigenvalue weighted by atomic mass is 16.4. The van der Waals surface area contributed by atoms with Gasteiger partial charge in [-0.05, 0) is 30.7 Å². The Morgan fingerprint density at radius 1 is 1.29 bits per heavy atom. The number of rotatable bonds is 3. The van der Waals surface area contributed by atoms with Crippen molar-refractivity contribution in [3.63, 3.8) is 0 Å². The first kappa shape index (κ1) is 13.2. The highest BCUT2D eigenvalue weighted by Gasteiger charge is 2.17. The number of hydrogen-bond donors (Lipinski definition) is 2. The zero-order valence-corrected chi connectivity index (χ0v) is 11.6. The summed E-state index contributed by atoms with van der Waals surface area (Å²) in [6, 6.07) is 11.1. The normalized spacial score (nSPS) is 10.9. The summed E-state index contributed by atoms with van der Waals surface area (Å²) in [4.78, 5) is 15.8. The van der Waals surface area contributed by atoms with E-state index in [9.17, 15) is 4.79 Å². The van der Waals surface area contributed by atoms with Crippen LogP contribution in [0.3, 0.4) is 0 Å². The van der Waals surface area contributed by atoms with Crippen LogP contribution in [0.25, 0.3) is 16.9 Å². The summed E-state index contributed by atoms with van der Waals surface area (Å²) >= 11 is 0. The van der Waals surface area contributed by atoms with Crippen molar-refractivity contribution in [3.05, 3.63) is 53.9 Å². The lowest BCUT2D eigenvalue weighted by molar-refractivity contribution is -0.136.